The molecule has 2 rings (SSSR count). The number of hydrogen-bond donors (Lipinski definition) is 1. The summed E-state index contributed by atoms with van der Waals surface area (Å²) in [6, 6.07) is 12.0. The van der Waals surface area contributed by atoms with Crippen molar-refractivity contribution in [3.8, 4) is 5.75 Å². The number of hydrogen-bond acceptors (Lipinski definition) is 2. The predicted molar refractivity (Wildman–Crippen MR) is 70.2 cm³/mol. The van der Waals surface area contributed by atoms with Gasteiger partial charge in [-0.15, -0.1) is 0 Å². The number of benzene rings is 2. The molecule has 0 fully saturated rings. The zero-order valence-corrected chi connectivity index (χ0v) is 10.5. The van der Waals surface area contributed by atoms with E-state index in [4.69, 9.17) is 10.5 Å². The third kappa shape index (κ3) is 2.51. The predicted octanol–water partition coefficient (Wildman–Crippen LogP) is 3.19. The van der Waals surface area contributed by atoms with E-state index in [0.29, 0.717) is 5.56 Å². The standard InChI is InChI=1S/C15H16FNO/c1-10-3-8-13(14(16)9-10)15(17)11-4-6-12(18-2)7-5-11/h3-9,15H,17H2,1-2H3. The molecule has 0 aliphatic heterocycles. The molecular weight excluding hydrogens is 229 g/mol. The van der Waals surface area contributed by atoms with Crippen LogP contribution in [-0.4, -0.2) is 7.11 Å². The van der Waals surface area contributed by atoms with E-state index in [0.717, 1.165) is 16.9 Å². The van der Waals surface area contributed by atoms with Gasteiger partial charge in [-0.1, -0.05) is 24.3 Å². The van der Waals surface area contributed by atoms with Gasteiger partial charge in [0.25, 0.3) is 0 Å². The lowest BCUT2D eigenvalue weighted by atomic mass is 9.98. The first kappa shape index (κ1) is 12.6. The number of methoxy groups -OCH3 is 1. The van der Waals surface area contributed by atoms with Gasteiger partial charge in [0.1, 0.15) is 11.6 Å². The molecule has 0 heterocycles. The molecule has 0 radical (unpaired) electrons. The van der Waals surface area contributed by atoms with Crippen molar-refractivity contribution in [2.75, 3.05) is 7.11 Å². The summed E-state index contributed by atoms with van der Waals surface area (Å²) in [6.07, 6.45) is 0. The topological polar surface area (TPSA) is 35.2 Å². The smallest absolute Gasteiger partial charge is 0.128 e. The van der Waals surface area contributed by atoms with E-state index in [1.54, 1.807) is 13.2 Å². The van der Waals surface area contributed by atoms with E-state index in [1.165, 1.54) is 6.07 Å². The number of aryl methyl sites for hydroxylation is 1. The molecule has 2 nitrogen and oxygen atoms in total. The fraction of sp³-hybridized carbons (Fsp3) is 0.200. The summed E-state index contributed by atoms with van der Waals surface area (Å²) < 4.78 is 18.9. The molecule has 3 heteroatoms. The Kier molecular flexibility index (Phi) is 3.63. The van der Waals surface area contributed by atoms with Crippen molar-refractivity contribution in [1.29, 1.82) is 0 Å². The van der Waals surface area contributed by atoms with Crippen LogP contribution in [0.5, 0.6) is 5.75 Å². The summed E-state index contributed by atoms with van der Waals surface area (Å²) in [4.78, 5) is 0. The van der Waals surface area contributed by atoms with Gasteiger partial charge in [0.05, 0.1) is 13.2 Å². The second-order valence-electron chi connectivity index (χ2n) is 4.28. The molecule has 0 saturated heterocycles. The van der Waals surface area contributed by atoms with Crippen LogP contribution in [0.15, 0.2) is 42.5 Å². The van der Waals surface area contributed by atoms with Crippen molar-refractivity contribution in [3.05, 3.63) is 65.0 Å². The maximum Gasteiger partial charge on any atom is 0.128 e. The van der Waals surface area contributed by atoms with Crippen LogP contribution in [0.25, 0.3) is 0 Å². The molecular formula is C15H16FNO. The van der Waals surface area contributed by atoms with Crippen LogP contribution in [0.4, 0.5) is 4.39 Å². The number of halogens is 1. The highest BCUT2D eigenvalue weighted by Crippen LogP contribution is 2.24. The first-order valence-corrected chi connectivity index (χ1v) is 5.77. The zero-order valence-electron chi connectivity index (χ0n) is 10.5. The van der Waals surface area contributed by atoms with Gasteiger partial charge in [-0.3, -0.25) is 0 Å². The molecule has 0 aliphatic rings. The Bertz CT molecular complexity index is 537. The zero-order chi connectivity index (χ0) is 13.1. The Labute approximate surface area is 106 Å². The maximum atomic E-state index is 13.8. The van der Waals surface area contributed by atoms with Gasteiger partial charge in [-0.05, 0) is 36.2 Å². The molecule has 1 unspecified atom stereocenters. The van der Waals surface area contributed by atoms with Crippen LogP contribution in [-0.2, 0) is 0 Å². The highest BCUT2D eigenvalue weighted by atomic mass is 19.1. The molecule has 0 saturated carbocycles. The van der Waals surface area contributed by atoms with Crippen LogP contribution in [0.3, 0.4) is 0 Å². The summed E-state index contributed by atoms with van der Waals surface area (Å²) in [7, 11) is 1.61. The maximum absolute atomic E-state index is 13.8. The van der Waals surface area contributed by atoms with Crippen molar-refractivity contribution in [3.63, 3.8) is 0 Å². The molecule has 2 aromatic carbocycles. The first-order valence-electron chi connectivity index (χ1n) is 5.77. The molecule has 1 atom stereocenters. The van der Waals surface area contributed by atoms with Crippen LogP contribution < -0.4 is 10.5 Å². The lowest BCUT2D eigenvalue weighted by molar-refractivity contribution is 0.414. The van der Waals surface area contributed by atoms with Crippen molar-refractivity contribution in [1.82, 2.24) is 0 Å². The quantitative estimate of drug-likeness (QED) is 0.901. The summed E-state index contributed by atoms with van der Waals surface area (Å²) in [6.45, 7) is 1.85. The highest BCUT2D eigenvalue weighted by molar-refractivity contribution is 5.36. The van der Waals surface area contributed by atoms with E-state index in [-0.39, 0.29) is 5.82 Å². The van der Waals surface area contributed by atoms with Crippen LogP contribution in [0, 0.1) is 12.7 Å². The summed E-state index contributed by atoms with van der Waals surface area (Å²) >= 11 is 0. The molecule has 0 amide bonds. The Hall–Kier alpha value is -1.87. The Morgan fingerprint density at radius 3 is 2.33 bits per heavy atom. The van der Waals surface area contributed by atoms with Crippen molar-refractivity contribution in [2.24, 2.45) is 5.73 Å². The van der Waals surface area contributed by atoms with Gasteiger partial charge in [-0.2, -0.15) is 0 Å². The molecule has 0 bridgehead atoms. The number of ether oxygens (including phenoxy) is 1. The molecule has 18 heavy (non-hydrogen) atoms. The molecule has 2 aromatic rings. The van der Waals surface area contributed by atoms with Gasteiger partial charge < -0.3 is 10.5 Å². The third-order valence-electron chi connectivity index (χ3n) is 2.97. The van der Waals surface area contributed by atoms with E-state index in [9.17, 15) is 4.39 Å². The lowest BCUT2D eigenvalue weighted by Gasteiger charge is -2.14. The fourth-order valence-corrected chi connectivity index (χ4v) is 1.88. The Balaban J connectivity index is 2.31. The number of nitrogens with two attached hydrogens (primary N) is 1. The highest BCUT2D eigenvalue weighted by Gasteiger charge is 2.13. The second-order valence-corrected chi connectivity index (χ2v) is 4.28. The van der Waals surface area contributed by atoms with Gasteiger partial charge in [0, 0.05) is 5.56 Å². The summed E-state index contributed by atoms with van der Waals surface area (Å²) in [5, 5.41) is 0. The van der Waals surface area contributed by atoms with E-state index in [2.05, 4.69) is 0 Å². The SMILES string of the molecule is COc1ccc(C(N)c2ccc(C)cc2F)cc1. The first-order chi connectivity index (χ1) is 8.61. The van der Waals surface area contributed by atoms with Gasteiger partial charge in [0.15, 0.2) is 0 Å². The minimum Gasteiger partial charge on any atom is -0.497 e. The summed E-state index contributed by atoms with van der Waals surface area (Å²) in [5.41, 5.74) is 8.33. The number of rotatable bonds is 3. The normalized spacial score (nSPS) is 12.2. The third-order valence-corrected chi connectivity index (χ3v) is 2.97. The average molecular weight is 245 g/mol. The van der Waals surface area contributed by atoms with Gasteiger partial charge >= 0.3 is 0 Å². The van der Waals surface area contributed by atoms with Crippen molar-refractivity contribution >= 4 is 0 Å². The van der Waals surface area contributed by atoms with E-state index in [1.807, 2.05) is 37.3 Å². The van der Waals surface area contributed by atoms with E-state index >= 15 is 0 Å². The largest absolute Gasteiger partial charge is 0.497 e. The summed E-state index contributed by atoms with van der Waals surface area (Å²) in [5.74, 6) is 0.494. The van der Waals surface area contributed by atoms with Crippen LogP contribution >= 0.6 is 0 Å². The molecule has 0 spiro atoms. The van der Waals surface area contributed by atoms with Crippen molar-refractivity contribution < 1.29 is 9.13 Å². The Morgan fingerprint density at radius 1 is 1.11 bits per heavy atom. The van der Waals surface area contributed by atoms with Crippen molar-refractivity contribution in [2.45, 2.75) is 13.0 Å². The second kappa shape index (κ2) is 5.19. The van der Waals surface area contributed by atoms with Gasteiger partial charge in [0.2, 0.25) is 0 Å². The molecule has 94 valence electrons. The van der Waals surface area contributed by atoms with Gasteiger partial charge in [-0.25, -0.2) is 4.39 Å². The van der Waals surface area contributed by atoms with Crippen LogP contribution in [0.2, 0.25) is 0 Å². The lowest BCUT2D eigenvalue weighted by Crippen LogP contribution is -2.13. The minimum atomic E-state index is -0.462. The molecule has 0 aromatic heterocycles. The van der Waals surface area contributed by atoms with E-state index < -0.39 is 6.04 Å². The monoisotopic (exact) mass is 245 g/mol. The minimum absolute atomic E-state index is 0.265. The fourth-order valence-electron chi connectivity index (χ4n) is 1.88. The molecule has 2 N–H and O–H groups in total. The van der Waals surface area contributed by atoms with Crippen LogP contribution in [0.1, 0.15) is 22.7 Å². The Morgan fingerprint density at radius 2 is 1.78 bits per heavy atom. The molecule has 0 aliphatic carbocycles. The average Bonchev–Trinajstić information content (AvgIpc) is 2.38.